The summed E-state index contributed by atoms with van der Waals surface area (Å²) in [5.74, 6) is 0.968. The zero-order chi connectivity index (χ0) is 4.41. The molecule has 1 heterocycles. The van der Waals surface area contributed by atoms with Crippen LogP contribution in [0.2, 0.25) is 0 Å². The number of aromatic amines is 1. The van der Waals surface area contributed by atoms with Crippen LogP contribution in [-0.2, 0) is 33.6 Å². The fraction of sp³-hybridized carbons (Fsp3) is 0.250. The average molecular weight is 196 g/mol. The van der Waals surface area contributed by atoms with Gasteiger partial charge in [-0.1, -0.05) is 0 Å². The van der Waals surface area contributed by atoms with Gasteiger partial charge < -0.3 is 4.98 Å². The molecular weight excluding hydrogens is 190 g/mol. The molecule has 1 aromatic heterocycles. The molecule has 0 bridgehead atoms. The summed E-state index contributed by atoms with van der Waals surface area (Å²) < 4.78 is 0. The van der Waals surface area contributed by atoms with Gasteiger partial charge in [0.15, 0.2) is 0 Å². The monoisotopic (exact) mass is 195 g/mol. The summed E-state index contributed by atoms with van der Waals surface area (Å²) in [4.78, 5) is 6.75. The number of rotatable bonds is 0. The molecule has 1 radical (unpaired) electrons. The molecule has 0 unspecified atom stereocenters. The predicted octanol–water partition coefficient (Wildman–Crippen LogP) is 0.713. The van der Waals surface area contributed by atoms with Crippen LogP contribution in [0.15, 0.2) is 12.4 Å². The van der Waals surface area contributed by atoms with Crippen LogP contribution < -0.4 is 0 Å². The first kappa shape index (κ1) is 11.1. The number of imidazole rings is 1. The molecule has 0 aliphatic heterocycles. The van der Waals surface area contributed by atoms with E-state index in [1.807, 2.05) is 6.92 Å². The van der Waals surface area contributed by atoms with Gasteiger partial charge in [-0.3, -0.25) is 0 Å². The first-order valence-electron chi connectivity index (χ1n) is 1.85. The van der Waals surface area contributed by atoms with Crippen molar-refractivity contribution in [2.75, 3.05) is 0 Å². The Hall–Kier alpha value is 0.223. The molecule has 2 nitrogen and oxygen atoms in total. The van der Waals surface area contributed by atoms with E-state index in [2.05, 4.69) is 9.97 Å². The third kappa shape index (κ3) is 3.25. The van der Waals surface area contributed by atoms with Crippen LogP contribution in [0.3, 0.4) is 0 Å². The van der Waals surface area contributed by atoms with Crippen LogP contribution in [0.5, 0.6) is 0 Å². The van der Waals surface area contributed by atoms with Crippen molar-refractivity contribution in [1.29, 1.82) is 0 Å². The second-order valence-corrected chi connectivity index (χ2v) is 1.17. The number of hydrogen-bond donors (Lipinski definition) is 1. The zero-order valence-electron chi connectivity index (χ0n) is 4.30. The summed E-state index contributed by atoms with van der Waals surface area (Å²) >= 11 is 0. The summed E-state index contributed by atoms with van der Waals surface area (Å²) in [6.45, 7) is 1.92. The normalized spacial score (nSPS) is 6.62. The molecule has 0 aliphatic rings. The third-order valence-corrected chi connectivity index (χ3v) is 0.635. The van der Waals surface area contributed by atoms with Crippen molar-refractivity contribution in [2.24, 2.45) is 0 Å². The summed E-state index contributed by atoms with van der Waals surface area (Å²) in [6, 6.07) is 0. The van der Waals surface area contributed by atoms with E-state index in [4.69, 9.17) is 0 Å². The minimum atomic E-state index is 0. The van der Waals surface area contributed by atoms with Crippen molar-refractivity contribution < 1.29 is 33.6 Å². The predicted molar refractivity (Wildman–Crippen MR) is 23.3 cm³/mol. The van der Waals surface area contributed by atoms with Crippen LogP contribution >= 0.6 is 0 Å². The van der Waals surface area contributed by atoms with Gasteiger partial charge in [0.2, 0.25) is 0 Å². The Morgan fingerprint density at radius 2 is 2.25 bits per heavy atom. The molecule has 1 rings (SSSR count). The van der Waals surface area contributed by atoms with Gasteiger partial charge in [0, 0.05) is 46.0 Å². The summed E-state index contributed by atoms with van der Waals surface area (Å²) in [6.07, 6.45) is 3.53. The topological polar surface area (TPSA) is 28.7 Å². The van der Waals surface area contributed by atoms with Gasteiger partial charge in [-0.15, -0.1) is 0 Å². The minimum absolute atomic E-state index is 0. The molecule has 0 fully saturated rings. The van der Waals surface area contributed by atoms with E-state index >= 15 is 0 Å². The molecule has 0 saturated heterocycles. The van der Waals surface area contributed by atoms with Crippen LogP contribution in [0, 0.1) is 6.92 Å². The Labute approximate surface area is 68.9 Å². The van der Waals surface area contributed by atoms with Gasteiger partial charge in [0.25, 0.3) is 0 Å². The minimum Gasteiger partial charge on any atom is -0.349 e. The maximum absolute atomic E-state index is 3.86. The van der Waals surface area contributed by atoms with Crippen molar-refractivity contribution in [3.63, 3.8) is 0 Å². The number of nitrogens with one attached hydrogen (secondary N) is 1. The van der Waals surface area contributed by atoms with E-state index in [0.717, 1.165) is 5.82 Å². The molecule has 8 heavy (non-hydrogen) atoms. The third-order valence-electron chi connectivity index (χ3n) is 0.635. The van der Waals surface area contributed by atoms with Gasteiger partial charge in [-0.25, -0.2) is 4.98 Å². The Balaban J connectivity index is 0. The molecule has 1 N–H and O–H groups in total. The Morgan fingerprint density at radius 3 is 2.38 bits per heavy atom. The first-order chi connectivity index (χ1) is 2.89. The van der Waals surface area contributed by atoms with Gasteiger partial charge in [-0.2, -0.15) is 0 Å². The van der Waals surface area contributed by atoms with Gasteiger partial charge in [0.05, 0.1) is 0 Å². The molecule has 0 amide bonds. The van der Waals surface area contributed by atoms with Crippen LogP contribution in [0.25, 0.3) is 0 Å². The van der Waals surface area contributed by atoms with Gasteiger partial charge >= 0.3 is 0 Å². The Morgan fingerprint density at radius 1 is 1.62 bits per heavy atom. The van der Waals surface area contributed by atoms with Gasteiger partial charge in [0.1, 0.15) is 5.82 Å². The van der Waals surface area contributed by atoms with Crippen LogP contribution in [-0.4, -0.2) is 9.97 Å². The quantitative estimate of drug-likeness (QED) is 0.608. The molecule has 4 heteroatoms. The zero-order valence-corrected chi connectivity index (χ0v) is 6.46. The van der Waals surface area contributed by atoms with E-state index in [1.165, 1.54) is 0 Å². The molecule has 0 saturated carbocycles. The average Bonchev–Trinajstić information content (AvgIpc) is 1.86. The SMILES string of the molecule is Cc1ncc[nH]1.[Mn].[Ni]. The summed E-state index contributed by atoms with van der Waals surface area (Å²) in [5, 5.41) is 0. The molecule has 0 aliphatic carbocycles. The number of nitrogens with zero attached hydrogens (tertiary/aromatic N) is 1. The molecule has 49 valence electrons. The molecular formula is C4H6MnN2Ni. The second-order valence-electron chi connectivity index (χ2n) is 1.17. The van der Waals surface area contributed by atoms with Crippen molar-refractivity contribution in [1.82, 2.24) is 9.97 Å². The first-order valence-corrected chi connectivity index (χ1v) is 1.85. The smallest absolute Gasteiger partial charge is 0.102 e. The summed E-state index contributed by atoms with van der Waals surface area (Å²) in [7, 11) is 0. The summed E-state index contributed by atoms with van der Waals surface area (Å²) in [5.41, 5.74) is 0. The van der Waals surface area contributed by atoms with E-state index in [0.29, 0.717) is 0 Å². The van der Waals surface area contributed by atoms with Gasteiger partial charge in [-0.05, 0) is 6.92 Å². The molecule has 0 spiro atoms. The molecule has 0 aromatic carbocycles. The Bertz CT molecular complexity index is 118. The van der Waals surface area contributed by atoms with Crippen molar-refractivity contribution in [3.8, 4) is 0 Å². The fourth-order valence-electron chi connectivity index (χ4n) is 0.344. The van der Waals surface area contributed by atoms with Crippen molar-refractivity contribution in [3.05, 3.63) is 18.2 Å². The largest absolute Gasteiger partial charge is 0.349 e. The molecule has 0 atom stereocenters. The number of H-pyrrole nitrogens is 1. The maximum atomic E-state index is 3.86. The van der Waals surface area contributed by atoms with E-state index in [9.17, 15) is 0 Å². The number of aryl methyl sites for hydroxylation is 1. The van der Waals surface area contributed by atoms with Crippen molar-refractivity contribution in [2.45, 2.75) is 6.92 Å². The van der Waals surface area contributed by atoms with Crippen LogP contribution in [0.4, 0.5) is 0 Å². The Kier molecular flexibility index (Phi) is 7.42. The fourth-order valence-corrected chi connectivity index (χ4v) is 0.344. The van der Waals surface area contributed by atoms with Crippen LogP contribution in [0.1, 0.15) is 5.82 Å². The van der Waals surface area contributed by atoms with Crippen molar-refractivity contribution >= 4 is 0 Å². The van der Waals surface area contributed by atoms with E-state index < -0.39 is 0 Å². The van der Waals surface area contributed by atoms with E-state index in [-0.39, 0.29) is 33.6 Å². The standard InChI is InChI=1S/C4H6N2.Mn.Ni/c1-4-5-2-3-6-4;;/h2-3H,1H3,(H,5,6);;. The second kappa shape index (κ2) is 5.36. The number of hydrogen-bond acceptors (Lipinski definition) is 1. The van der Waals surface area contributed by atoms with E-state index in [1.54, 1.807) is 12.4 Å². The maximum Gasteiger partial charge on any atom is 0.102 e. The number of aromatic nitrogens is 2. The molecule has 1 aromatic rings.